The molecule has 4 nitrogen and oxygen atoms in total. The van der Waals surface area contributed by atoms with Gasteiger partial charge < -0.3 is 15.3 Å². The Kier molecular flexibility index (Phi) is 6.42. The molecule has 0 aliphatic heterocycles. The maximum atomic E-state index is 10.7. The number of aliphatic carboxylic acids is 1. The van der Waals surface area contributed by atoms with Gasteiger partial charge in [-0.2, -0.15) is 0 Å². The molecule has 1 saturated carbocycles. The minimum Gasteiger partial charge on any atom is -0.478 e. The number of rotatable bonds is 4. The summed E-state index contributed by atoms with van der Waals surface area (Å²) in [4.78, 5) is 10.7. The summed E-state index contributed by atoms with van der Waals surface area (Å²) in [6, 6.07) is 0. The van der Waals surface area contributed by atoms with E-state index in [1.807, 2.05) is 13.0 Å². The third kappa shape index (κ3) is 4.13. The quantitative estimate of drug-likeness (QED) is 0.414. The molecule has 0 unspecified atom stereocenters. The van der Waals surface area contributed by atoms with Crippen LogP contribution in [-0.4, -0.2) is 33.5 Å². The Balaban J connectivity index is 2.46. The van der Waals surface area contributed by atoms with Crippen molar-refractivity contribution >= 4 is 5.97 Å². The van der Waals surface area contributed by atoms with Crippen molar-refractivity contribution in [2.24, 2.45) is 29.6 Å². The van der Waals surface area contributed by atoms with Crippen molar-refractivity contribution in [3.63, 3.8) is 0 Å². The van der Waals surface area contributed by atoms with E-state index in [9.17, 15) is 15.0 Å². The number of carboxylic acids is 1. The fraction of sp³-hybridized carbons (Fsp3) is 0.571. The first-order valence-electron chi connectivity index (χ1n) is 9.03. The van der Waals surface area contributed by atoms with E-state index in [2.05, 4.69) is 32.9 Å². The standard InChI is InChI=1S/C21H30O4/c1-5-12(2)20-13(3)10-16-18(23)11-17(22)14(4)21(16)15(20)8-6-7-9-19(24)25/h5-10,14-18,20-23H,11H2,1-4H3,(H,24,25)/b8-6+,9-7+,12-5+/t14-,15+,16-,17+,18-,20+,21-/m0/s1. The smallest absolute Gasteiger partial charge is 0.328 e. The van der Waals surface area contributed by atoms with Gasteiger partial charge in [0.05, 0.1) is 12.2 Å². The summed E-state index contributed by atoms with van der Waals surface area (Å²) in [6.45, 7) is 8.29. The van der Waals surface area contributed by atoms with E-state index >= 15 is 0 Å². The van der Waals surface area contributed by atoms with E-state index < -0.39 is 18.2 Å². The predicted octanol–water partition coefficient (Wildman–Crippen LogP) is 3.34. The lowest BCUT2D eigenvalue weighted by molar-refractivity contribution is -0.131. The Morgan fingerprint density at radius 3 is 2.52 bits per heavy atom. The van der Waals surface area contributed by atoms with Crippen molar-refractivity contribution in [2.75, 3.05) is 0 Å². The van der Waals surface area contributed by atoms with E-state index in [4.69, 9.17) is 5.11 Å². The van der Waals surface area contributed by atoms with Crippen molar-refractivity contribution in [1.82, 2.24) is 0 Å². The van der Waals surface area contributed by atoms with Gasteiger partial charge in [0, 0.05) is 24.3 Å². The van der Waals surface area contributed by atoms with Crippen LogP contribution in [0.2, 0.25) is 0 Å². The molecule has 0 amide bonds. The van der Waals surface area contributed by atoms with Gasteiger partial charge in [0.1, 0.15) is 0 Å². The van der Waals surface area contributed by atoms with Crippen LogP contribution < -0.4 is 0 Å². The molecular weight excluding hydrogens is 316 g/mol. The SMILES string of the molecule is C/C=C(\C)[C@@H]1C(C)=C[C@@H]2[C@@H]([C@@H](C)[C@H](O)C[C@@H]2O)[C@@H]1/C=C/C=C/C(=O)O. The highest BCUT2D eigenvalue weighted by atomic mass is 16.4. The molecule has 3 N–H and O–H groups in total. The minimum atomic E-state index is -0.972. The average molecular weight is 346 g/mol. The zero-order valence-corrected chi connectivity index (χ0v) is 15.5. The summed E-state index contributed by atoms with van der Waals surface area (Å²) < 4.78 is 0. The molecular formula is C21H30O4. The summed E-state index contributed by atoms with van der Waals surface area (Å²) in [7, 11) is 0. The number of fused-ring (bicyclic) bond motifs is 1. The fourth-order valence-corrected chi connectivity index (χ4v) is 4.66. The summed E-state index contributed by atoms with van der Waals surface area (Å²) >= 11 is 0. The number of aliphatic hydroxyl groups excluding tert-OH is 2. The molecule has 7 atom stereocenters. The lowest BCUT2D eigenvalue weighted by Crippen LogP contribution is -2.50. The normalized spacial score (nSPS) is 39.5. The van der Waals surface area contributed by atoms with Gasteiger partial charge in [-0.15, -0.1) is 0 Å². The lowest BCUT2D eigenvalue weighted by atomic mass is 9.56. The maximum absolute atomic E-state index is 10.7. The molecule has 2 aliphatic carbocycles. The van der Waals surface area contributed by atoms with Crippen molar-refractivity contribution in [2.45, 2.75) is 46.3 Å². The number of carboxylic acid groups (broad SMARTS) is 1. The topological polar surface area (TPSA) is 77.8 Å². The molecule has 138 valence electrons. The second-order valence-electron chi connectivity index (χ2n) is 7.46. The number of carbonyl (C=O) groups is 1. The molecule has 0 aromatic heterocycles. The first kappa shape index (κ1) is 19.7. The zero-order chi connectivity index (χ0) is 18.7. The first-order chi connectivity index (χ1) is 11.8. The van der Waals surface area contributed by atoms with Crippen LogP contribution in [0.15, 0.2) is 47.6 Å². The van der Waals surface area contributed by atoms with Crippen LogP contribution in [-0.2, 0) is 4.79 Å². The van der Waals surface area contributed by atoms with Gasteiger partial charge in [0.25, 0.3) is 0 Å². The highest BCUT2D eigenvalue weighted by molar-refractivity contribution is 5.80. The molecule has 0 aromatic carbocycles. The summed E-state index contributed by atoms with van der Waals surface area (Å²) in [5, 5.41) is 29.7. The van der Waals surface area contributed by atoms with E-state index in [1.165, 1.54) is 17.2 Å². The van der Waals surface area contributed by atoms with Crippen LogP contribution in [0.3, 0.4) is 0 Å². The van der Waals surface area contributed by atoms with E-state index in [0.29, 0.717) is 6.42 Å². The molecule has 2 rings (SSSR count). The van der Waals surface area contributed by atoms with Crippen molar-refractivity contribution in [1.29, 1.82) is 0 Å². The Morgan fingerprint density at radius 1 is 1.24 bits per heavy atom. The Morgan fingerprint density at radius 2 is 1.92 bits per heavy atom. The molecule has 4 heteroatoms. The van der Waals surface area contributed by atoms with E-state index in [0.717, 1.165) is 6.08 Å². The molecule has 0 bridgehead atoms. The summed E-state index contributed by atoms with van der Waals surface area (Å²) in [6.07, 6.45) is 10.1. The van der Waals surface area contributed by atoms with Crippen molar-refractivity contribution < 1.29 is 20.1 Å². The van der Waals surface area contributed by atoms with Crippen LogP contribution >= 0.6 is 0 Å². The van der Waals surface area contributed by atoms with Crippen molar-refractivity contribution in [3.8, 4) is 0 Å². The Hall–Kier alpha value is -1.65. The van der Waals surface area contributed by atoms with Crippen LogP contribution in [0, 0.1) is 29.6 Å². The predicted molar refractivity (Wildman–Crippen MR) is 98.9 cm³/mol. The van der Waals surface area contributed by atoms with Gasteiger partial charge in [-0.3, -0.25) is 0 Å². The second-order valence-corrected chi connectivity index (χ2v) is 7.46. The molecule has 0 heterocycles. The molecule has 0 aromatic rings. The zero-order valence-electron chi connectivity index (χ0n) is 15.5. The van der Waals surface area contributed by atoms with Crippen molar-refractivity contribution in [3.05, 3.63) is 47.6 Å². The molecule has 2 aliphatic rings. The van der Waals surface area contributed by atoms with Gasteiger partial charge in [0.15, 0.2) is 0 Å². The number of hydrogen-bond acceptors (Lipinski definition) is 3. The van der Waals surface area contributed by atoms with Gasteiger partial charge in [-0.25, -0.2) is 4.79 Å². The largest absolute Gasteiger partial charge is 0.478 e. The van der Waals surface area contributed by atoms with E-state index in [1.54, 1.807) is 6.08 Å². The number of hydrogen-bond donors (Lipinski definition) is 3. The van der Waals surface area contributed by atoms with Crippen LogP contribution in [0.1, 0.15) is 34.1 Å². The molecule has 0 saturated heterocycles. The third-order valence-corrected chi connectivity index (χ3v) is 5.99. The third-order valence-electron chi connectivity index (χ3n) is 5.99. The van der Waals surface area contributed by atoms with Gasteiger partial charge in [-0.05, 0) is 38.5 Å². The van der Waals surface area contributed by atoms with Crippen LogP contribution in [0.4, 0.5) is 0 Å². The summed E-state index contributed by atoms with van der Waals surface area (Å²) in [5.41, 5.74) is 2.49. The number of aliphatic hydroxyl groups is 2. The molecule has 0 spiro atoms. The fourth-order valence-electron chi connectivity index (χ4n) is 4.66. The van der Waals surface area contributed by atoms with Gasteiger partial charge >= 0.3 is 5.97 Å². The summed E-state index contributed by atoms with van der Waals surface area (Å²) in [5.74, 6) is -0.428. The monoisotopic (exact) mass is 346 g/mol. The first-order valence-corrected chi connectivity index (χ1v) is 9.03. The molecule has 25 heavy (non-hydrogen) atoms. The average Bonchev–Trinajstić information content (AvgIpc) is 2.55. The van der Waals surface area contributed by atoms with Crippen LogP contribution in [0.25, 0.3) is 0 Å². The van der Waals surface area contributed by atoms with Gasteiger partial charge in [0.2, 0.25) is 0 Å². The minimum absolute atomic E-state index is 0.0254. The highest BCUT2D eigenvalue weighted by Gasteiger charge is 2.48. The highest BCUT2D eigenvalue weighted by Crippen LogP contribution is 2.50. The van der Waals surface area contributed by atoms with Crippen LogP contribution in [0.5, 0.6) is 0 Å². The maximum Gasteiger partial charge on any atom is 0.328 e. The Bertz CT molecular complexity index is 613. The lowest BCUT2D eigenvalue weighted by Gasteiger charge is -2.50. The second kappa shape index (κ2) is 8.15. The van der Waals surface area contributed by atoms with Gasteiger partial charge in [-0.1, -0.05) is 48.5 Å². The number of allylic oxidation sites excluding steroid dienone is 6. The Labute approximate surface area is 150 Å². The molecule has 0 radical (unpaired) electrons. The molecule has 1 fully saturated rings. The van der Waals surface area contributed by atoms with E-state index in [-0.39, 0.29) is 29.6 Å².